The van der Waals surface area contributed by atoms with Gasteiger partial charge in [0.2, 0.25) is 0 Å². The predicted octanol–water partition coefficient (Wildman–Crippen LogP) is 2.38. The zero-order valence-electron chi connectivity index (χ0n) is 6.92. The number of hydrogen-bond acceptors (Lipinski definition) is 1. The van der Waals surface area contributed by atoms with E-state index in [-0.39, 0.29) is 24.0 Å². The van der Waals surface area contributed by atoms with E-state index in [1.165, 1.54) is 16.7 Å². The van der Waals surface area contributed by atoms with Gasteiger partial charge in [-0.05, 0) is 30.5 Å². The largest absolute Gasteiger partial charge is 0.326 e. The molecule has 0 amide bonds. The summed E-state index contributed by atoms with van der Waals surface area (Å²) >= 11 is 0. The van der Waals surface area contributed by atoms with E-state index in [0.717, 1.165) is 0 Å². The van der Waals surface area contributed by atoms with Gasteiger partial charge in [0.1, 0.15) is 0 Å². The zero-order chi connectivity index (χ0) is 7.56. The highest BCUT2D eigenvalue weighted by Gasteiger charge is 1.92. The molecule has 0 unspecified atom stereocenters. The van der Waals surface area contributed by atoms with Crippen molar-refractivity contribution in [1.82, 2.24) is 0 Å². The monoisotopic (exact) mass is 263 g/mol. The van der Waals surface area contributed by atoms with Gasteiger partial charge in [-0.1, -0.05) is 18.2 Å². The maximum atomic E-state index is 5.47. The van der Waals surface area contributed by atoms with Crippen molar-refractivity contribution in [2.75, 3.05) is 0 Å². The van der Waals surface area contributed by atoms with Gasteiger partial charge in [0.15, 0.2) is 0 Å². The van der Waals surface area contributed by atoms with Crippen LogP contribution in [0.15, 0.2) is 18.2 Å². The molecule has 0 aliphatic heterocycles. The topological polar surface area (TPSA) is 26.0 Å². The van der Waals surface area contributed by atoms with Crippen LogP contribution in [0.3, 0.4) is 0 Å². The lowest BCUT2D eigenvalue weighted by molar-refractivity contribution is 1.06. The summed E-state index contributed by atoms with van der Waals surface area (Å²) in [6, 6.07) is 6.31. The molecule has 0 atom stereocenters. The van der Waals surface area contributed by atoms with Crippen LogP contribution >= 0.6 is 24.0 Å². The summed E-state index contributed by atoms with van der Waals surface area (Å²) in [6.45, 7) is 4.85. The molecule has 0 spiro atoms. The van der Waals surface area contributed by atoms with Gasteiger partial charge < -0.3 is 5.73 Å². The lowest BCUT2D eigenvalue weighted by Crippen LogP contribution is -1.96. The first-order chi connectivity index (χ1) is 4.74. The molecule has 0 radical (unpaired) electrons. The molecule has 0 saturated heterocycles. The van der Waals surface area contributed by atoms with Crippen molar-refractivity contribution in [3.8, 4) is 0 Å². The third-order valence-electron chi connectivity index (χ3n) is 1.81. The average molecular weight is 263 g/mol. The standard InChI is InChI=1S/C9H13N.HI/c1-7-3-4-9(6-10)5-8(7)2;/h3-5H,6,10H2,1-2H3;1H. The molecule has 62 valence electrons. The Morgan fingerprint density at radius 2 is 1.82 bits per heavy atom. The SMILES string of the molecule is Cc1ccc(CN)cc1C.I. The highest BCUT2D eigenvalue weighted by Crippen LogP contribution is 2.08. The Hall–Kier alpha value is -0.0900. The van der Waals surface area contributed by atoms with Crippen molar-refractivity contribution in [2.45, 2.75) is 20.4 Å². The Morgan fingerprint density at radius 1 is 1.18 bits per heavy atom. The minimum Gasteiger partial charge on any atom is -0.326 e. The van der Waals surface area contributed by atoms with Gasteiger partial charge in [-0.3, -0.25) is 0 Å². The Labute approximate surface area is 85.0 Å². The van der Waals surface area contributed by atoms with Gasteiger partial charge in [0.05, 0.1) is 0 Å². The highest BCUT2D eigenvalue weighted by atomic mass is 127. The molecule has 11 heavy (non-hydrogen) atoms. The lowest BCUT2D eigenvalue weighted by atomic mass is 10.1. The van der Waals surface area contributed by atoms with E-state index in [9.17, 15) is 0 Å². The second-order valence-electron chi connectivity index (χ2n) is 2.62. The van der Waals surface area contributed by atoms with E-state index in [2.05, 4.69) is 32.0 Å². The quantitative estimate of drug-likeness (QED) is 0.773. The third-order valence-corrected chi connectivity index (χ3v) is 1.81. The molecule has 2 heteroatoms. The summed E-state index contributed by atoms with van der Waals surface area (Å²) in [7, 11) is 0. The Bertz CT molecular complexity index is 233. The summed E-state index contributed by atoms with van der Waals surface area (Å²) < 4.78 is 0. The molecule has 0 heterocycles. The normalized spacial score (nSPS) is 9.00. The fourth-order valence-corrected chi connectivity index (χ4v) is 0.930. The van der Waals surface area contributed by atoms with E-state index < -0.39 is 0 Å². The van der Waals surface area contributed by atoms with Crippen LogP contribution in [-0.4, -0.2) is 0 Å². The van der Waals surface area contributed by atoms with Crippen molar-refractivity contribution in [3.05, 3.63) is 34.9 Å². The summed E-state index contributed by atoms with van der Waals surface area (Å²) in [5.41, 5.74) is 9.33. The molecule has 1 nitrogen and oxygen atoms in total. The first kappa shape index (κ1) is 10.9. The molecule has 1 rings (SSSR count). The van der Waals surface area contributed by atoms with Crippen LogP contribution < -0.4 is 5.73 Å². The van der Waals surface area contributed by atoms with Crippen LogP contribution in [0.2, 0.25) is 0 Å². The maximum absolute atomic E-state index is 5.47. The van der Waals surface area contributed by atoms with Crippen molar-refractivity contribution < 1.29 is 0 Å². The number of benzene rings is 1. The van der Waals surface area contributed by atoms with E-state index in [1.54, 1.807) is 0 Å². The third kappa shape index (κ3) is 2.79. The van der Waals surface area contributed by atoms with Crippen molar-refractivity contribution >= 4 is 24.0 Å². The molecule has 1 aromatic carbocycles. The molecule has 0 saturated carbocycles. The van der Waals surface area contributed by atoms with Crippen molar-refractivity contribution in [3.63, 3.8) is 0 Å². The van der Waals surface area contributed by atoms with E-state index in [1.807, 2.05) is 0 Å². The van der Waals surface area contributed by atoms with Crippen LogP contribution in [0.1, 0.15) is 16.7 Å². The van der Waals surface area contributed by atoms with E-state index in [0.29, 0.717) is 6.54 Å². The molecule has 0 bridgehead atoms. The fourth-order valence-electron chi connectivity index (χ4n) is 0.930. The van der Waals surface area contributed by atoms with Crippen LogP contribution in [0.25, 0.3) is 0 Å². The minimum absolute atomic E-state index is 0. The smallest absolute Gasteiger partial charge is 0.0178 e. The van der Waals surface area contributed by atoms with Crippen molar-refractivity contribution in [1.29, 1.82) is 0 Å². The molecule has 2 N–H and O–H groups in total. The lowest BCUT2D eigenvalue weighted by Gasteiger charge is -2.01. The Balaban J connectivity index is 0.000001000. The second kappa shape index (κ2) is 4.72. The van der Waals surface area contributed by atoms with Crippen molar-refractivity contribution in [2.24, 2.45) is 5.73 Å². The molecular weight excluding hydrogens is 249 g/mol. The summed E-state index contributed by atoms with van der Waals surface area (Å²) in [4.78, 5) is 0. The number of halogens is 1. The first-order valence-corrected chi connectivity index (χ1v) is 3.50. The first-order valence-electron chi connectivity index (χ1n) is 3.50. The van der Waals surface area contributed by atoms with Gasteiger partial charge in [-0.25, -0.2) is 0 Å². The average Bonchev–Trinajstić information content (AvgIpc) is 1.95. The summed E-state index contributed by atoms with van der Waals surface area (Å²) in [5, 5.41) is 0. The minimum atomic E-state index is 0. The molecule has 0 aromatic heterocycles. The molecule has 0 fully saturated rings. The van der Waals surface area contributed by atoms with Gasteiger partial charge in [0.25, 0.3) is 0 Å². The highest BCUT2D eigenvalue weighted by molar-refractivity contribution is 14.0. The number of nitrogens with two attached hydrogens (primary N) is 1. The molecular formula is C9H14IN. The van der Waals surface area contributed by atoms with E-state index >= 15 is 0 Å². The summed E-state index contributed by atoms with van der Waals surface area (Å²) in [5.74, 6) is 0. The second-order valence-corrected chi connectivity index (χ2v) is 2.62. The number of hydrogen-bond donors (Lipinski definition) is 1. The number of aryl methyl sites for hydroxylation is 2. The molecule has 1 aromatic rings. The van der Waals surface area contributed by atoms with Crippen LogP contribution in [0, 0.1) is 13.8 Å². The summed E-state index contributed by atoms with van der Waals surface area (Å²) in [6.07, 6.45) is 0. The van der Waals surface area contributed by atoms with Gasteiger partial charge >= 0.3 is 0 Å². The predicted molar refractivity (Wildman–Crippen MR) is 59.2 cm³/mol. The zero-order valence-corrected chi connectivity index (χ0v) is 9.26. The van der Waals surface area contributed by atoms with Crippen LogP contribution in [-0.2, 0) is 6.54 Å². The maximum Gasteiger partial charge on any atom is 0.0178 e. The van der Waals surface area contributed by atoms with Gasteiger partial charge in [-0.2, -0.15) is 0 Å². The Kier molecular flexibility index (Phi) is 4.68. The molecule has 0 aliphatic carbocycles. The van der Waals surface area contributed by atoms with Gasteiger partial charge in [0, 0.05) is 6.54 Å². The fraction of sp³-hybridized carbons (Fsp3) is 0.333. The molecule has 0 aliphatic rings. The number of rotatable bonds is 1. The van der Waals surface area contributed by atoms with Gasteiger partial charge in [-0.15, -0.1) is 24.0 Å². The Morgan fingerprint density at radius 3 is 2.27 bits per heavy atom. The van der Waals surface area contributed by atoms with E-state index in [4.69, 9.17) is 5.73 Å². The van der Waals surface area contributed by atoms with Crippen LogP contribution in [0.4, 0.5) is 0 Å². The van der Waals surface area contributed by atoms with Crippen LogP contribution in [0.5, 0.6) is 0 Å².